The van der Waals surface area contributed by atoms with Crippen molar-refractivity contribution in [1.82, 2.24) is 0 Å². The SMILES string of the molecule is CN1C(=O)c2ccccc2N(C(=O)CCCCCCl)c2ccc(Cl)cc21. The maximum atomic E-state index is 13.1. The molecular weight excluding hydrogens is 371 g/mol. The average molecular weight is 391 g/mol. The predicted molar refractivity (Wildman–Crippen MR) is 107 cm³/mol. The van der Waals surface area contributed by atoms with Crippen LogP contribution in [0.3, 0.4) is 0 Å². The highest BCUT2D eigenvalue weighted by Crippen LogP contribution is 2.41. The zero-order valence-corrected chi connectivity index (χ0v) is 16.1. The Kier molecular flexibility index (Phi) is 5.84. The van der Waals surface area contributed by atoms with Crippen molar-refractivity contribution in [3.8, 4) is 0 Å². The number of hydrogen-bond acceptors (Lipinski definition) is 2. The molecular formula is C20H20Cl2N2O2. The van der Waals surface area contributed by atoms with Crippen molar-refractivity contribution in [2.24, 2.45) is 0 Å². The normalized spacial score (nSPS) is 13.3. The molecule has 2 aromatic carbocycles. The van der Waals surface area contributed by atoms with Crippen LogP contribution in [-0.2, 0) is 4.79 Å². The zero-order chi connectivity index (χ0) is 18.7. The average Bonchev–Trinajstić information content (AvgIpc) is 2.73. The van der Waals surface area contributed by atoms with Crippen LogP contribution >= 0.6 is 23.2 Å². The molecule has 0 unspecified atom stereocenters. The number of benzene rings is 2. The first kappa shape index (κ1) is 18.7. The third-order valence-electron chi connectivity index (χ3n) is 4.49. The predicted octanol–water partition coefficient (Wildman–Crippen LogP) is 5.39. The number of hydrogen-bond donors (Lipinski definition) is 0. The van der Waals surface area contributed by atoms with Gasteiger partial charge in [-0.3, -0.25) is 14.5 Å². The molecule has 26 heavy (non-hydrogen) atoms. The number of anilines is 3. The molecule has 0 aromatic heterocycles. The molecule has 2 aromatic rings. The zero-order valence-electron chi connectivity index (χ0n) is 14.5. The summed E-state index contributed by atoms with van der Waals surface area (Å²) >= 11 is 11.9. The topological polar surface area (TPSA) is 40.6 Å². The first-order valence-corrected chi connectivity index (χ1v) is 9.51. The minimum Gasteiger partial charge on any atom is -0.309 e. The van der Waals surface area contributed by atoms with E-state index in [1.165, 1.54) is 0 Å². The van der Waals surface area contributed by atoms with Gasteiger partial charge in [0.05, 0.1) is 22.6 Å². The van der Waals surface area contributed by atoms with Crippen molar-refractivity contribution in [2.75, 3.05) is 22.7 Å². The molecule has 3 rings (SSSR count). The van der Waals surface area contributed by atoms with E-state index in [0.717, 1.165) is 19.3 Å². The molecule has 136 valence electrons. The van der Waals surface area contributed by atoms with Crippen molar-refractivity contribution >= 4 is 52.1 Å². The molecule has 0 radical (unpaired) electrons. The minimum absolute atomic E-state index is 0.0429. The van der Waals surface area contributed by atoms with E-state index in [4.69, 9.17) is 23.2 Å². The molecule has 0 saturated heterocycles. The Balaban J connectivity index is 2.07. The number of carbonyl (C=O) groups is 2. The van der Waals surface area contributed by atoms with Crippen LogP contribution in [0.1, 0.15) is 36.0 Å². The standard InChI is InChI=1S/C20H20Cl2N2O2/c1-23-18-13-14(22)10-11-17(18)24(19(25)9-3-2-6-12-21)16-8-5-4-7-15(16)20(23)26/h4-5,7-8,10-11,13H,2-3,6,9,12H2,1H3. The van der Waals surface area contributed by atoms with Gasteiger partial charge in [-0.1, -0.05) is 30.2 Å². The largest absolute Gasteiger partial charge is 0.309 e. The van der Waals surface area contributed by atoms with E-state index >= 15 is 0 Å². The molecule has 0 fully saturated rings. The number of unbranched alkanes of at least 4 members (excludes halogenated alkanes) is 2. The number of carbonyl (C=O) groups excluding carboxylic acids is 2. The third-order valence-corrected chi connectivity index (χ3v) is 5.00. The van der Waals surface area contributed by atoms with Crippen LogP contribution in [0.5, 0.6) is 0 Å². The van der Waals surface area contributed by atoms with Gasteiger partial charge in [0.1, 0.15) is 0 Å². The summed E-state index contributed by atoms with van der Waals surface area (Å²) in [5, 5.41) is 0.517. The van der Waals surface area contributed by atoms with Crippen LogP contribution in [0.2, 0.25) is 5.02 Å². The maximum absolute atomic E-state index is 13.1. The molecule has 0 spiro atoms. The Hall–Kier alpha value is -2.04. The van der Waals surface area contributed by atoms with Crippen molar-refractivity contribution in [1.29, 1.82) is 0 Å². The summed E-state index contributed by atoms with van der Waals surface area (Å²) in [4.78, 5) is 29.2. The number of fused-ring (bicyclic) bond motifs is 2. The Bertz CT molecular complexity index is 838. The van der Waals surface area contributed by atoms with Crippen LogP contribution in [-0.4, -0.2) is 24.7 Å². The smallest absolute Gasteiger partial charge is 0.260 e. The highest BCUT2D eigenvalue weighted by Gasteiger charge is 2.31. The van der Waals surface area contributed by atoms with Crippen LogP contribution in [0.4, 0.5) is 17.1 Å². The van der Waals surface area contributed by atoms with Crippen molar-refractivity contribution < 1.29 is 9.59 Å². The summed E-state index contributed by atoms with van der Waals surface area (Å²) < 4.78 is 0. The van der Waals surface area contributed by atoms with E-state index in [-0.39, 0.29) is 11.8 Å². The number of alkyl halides is 1. The number of amides is 2. The summed E-state index contributed by atoms with van der Waals surface area (Å²) in [5.74, 6) is 0.390. The first-order chi connectivity index (χ1) is 12.5. The number of halogens is 2. The van der Waals surface area contributed by atoms with Gasteiger partial charge in [0.2, 0.25) is 5.91 Å². The molecule has 1 heterocycles. The second kappa shape index (κ2) is 8.11. The van der Waals surface area contributed by atoms with Gasteiger partial charge in [-0.15, -0.1) is 11.6 Å². The Labute approximate surface area is 163 Å². The Morgan fingerprint density at radius 2 is 1.77 bits per heavy atom. The van der Waals surface area contributed by atoms with Gasteiger partial charge >= 0.3 is 0 Å². The van der Waals surface area contributed by atoms with E-state index in [1.807, 2.05) is 6.07 Å². The van der Waals surface area contributed by atoms with Gasteiger partial charge in [0.15, 0.2) is 0 Å². The van der Waals surface area contributed by atoms with Gasteiger partial charge in [0.25, 0.3) is 5.91 Å². The summed E-state index contributed by atoms with van der Waals surface area (Å²) in [6.45, 7) is 0. The third kappa shape index (κ3) is 3.57. The van der Waals surface area contributed by atoms with Gasteiger partial charge in [-0.25, -0.2) is 0 Å². The lowest BCUT2D eigenvalue weighted by Gasteiger charge is -2.25. The molecule has 1 aliphatic heterocycles. The highest BCUT2D eigenvalue weighted by atomic mass is 35.5. The van der Waals surface area contributed by atoms with E-state index in [1.54, 1.807) is 53.2 Å². The lowest BCUT2D eigenvalue weighted by Crippen LogP contribution is -2.26. The van der Waals surface area contributed by atoms with Crippen molar-refractivity contribution in [3.63, 3.8) is 0 Å². The molecule has 0 aliphatic carbocycles. The monoisotopic (exact) mass is 390 g/mol. The minimum atomic E-state index is -0.165. The quantitative estimate of drug-likeness (QED) is 0.506. The number of nitrogens with zero attached hydrogens (tertiary/aromatic N) is 2. The molecule has 0 bridgehead atoms. The number of rotatable bonds is 5. The lowest BCUT2D eigenvalue weighted by molar-refractivity contribution is -0.118. The van der Waals surface area contributed by atoms with E-state index in [2.05, 4.69) is 0 Å². The van der Waals surface area contributed by atoms with Gasteiger partial charge in [0, 0.05) is 24.4 Å². The molecule has 0 N–H and O–H groups in total. The summed E-state index contributed by atoms with van der Waals surface area (Å²) in [5.41, 5.74) is 2.38. The highest BCUT2D eigenvalue weighted by molar-refractivity contribution is 6.31. The fraction of sp³-hybridized carbons (Fsp3) is 0.300. The lowest BCUT2D eigenvalue weighted by atomic mass is 10.1. The Morgan fingerprint density at radius 3 is 2.54 bits per heavy atom. The molecule has 0 saturated carbocycles. The number of para-hydroxylation sites is 1. The van der Waals surface area contributed by atoms with Gasteiger partial charge < -0.3 is 4.90 Å². The first-order valence-electron chi connectivity index (χ1n) is 8.60. The van der Waals surface area contributed by atoms with E-state index in [9.17, 15) is 9.59 Å². The van der Waals surface area contributed by atoms with Gasteiger partial charge in [-0.2, -0.15) is 0 Å². The second-order valence-electron chi connectivity index (χ2n) is 6.24. The van der Waals surface area contributed by atoms with Crippen LogP contribution in [0, 0.1) is 0 Å². The molecule has 6 heteroatoms. The molecule has 0 atom stereocenters. The Morgan fingerprint density at radius 1 is 1.00 bits per heavy atom. The summed E-state index contributed by atoms with van der Waals surface area (Å²) in [6.07, 6.45) is 2.94. The summed E-state index contributed by atoms with van der Waals surface area (Å²) in [7, 11) is 1.70. The second-order valence-corrected chi connectivity index (χ2v) is 7.06. The van der Waals surface area contributed by atoms with E-state index in [0.29, 0.717) is 39.9 Å². The fourth-order valence-electron chi connectivity index (χ4n) is 3.15. The van der Waals surface area contributed by atoms with Crippen molar-refractivity contribution in [2.45, 2.75) is 25.7 Å². The summed E-state index contributed by atoms with van der Waals surface area (Å²) in [6, 6.07) is 12.4. The van der Waals surface area contributed by atoms with Crippen LogP contribution in [0.25, 0.3) is 0 Å². The molecule has 1 aliphatic rings. The van der Waals surface area contributed by atoms with E-state index < -0.39 is 0 Å². The van der Waals surface area contributed by atoms with Gasteiger partial charge in [-0.05, 0) is 43.2 Å². The van der Waals surface area contributed by atoms with Crippen LogP contribution in [0.15, 0.2) is 42.5 Å². The molecule has 4 nitrogen and oxygen atoms in total. The molecule has 2 amide bonds. The van der Waals surface area contributed by atoms with Crippen molar-refractivity contribution in [3.05, 3.63) is 53.1 Å². The maximum Gasteiger partial charge on any atom is 0.260 e. The fourth-order valence-corrected chi connectivity index (χ4v) is 3.51. The van der Waals surface area contributed by atoms with Crippen LogP contribution < -0.4 is 9.80 Å².